The van der Waals surface area contributed by atoms with Gasteiger partial charge in [-0.15, -0.1) is 0 Å². The third-order valence-corrected chi connectivity index (χ3v) is 4.04. The largest absolute Gasteiger partial charge is 0.348 e. The van der Waals surface area contributed by atoms with Gasteiger partial charge in [-0.3, -0.25) is 9.36 Å². The average molecular weight is 312 g/mol. The molecule has 2 aromatic heterocycles. The lowest BCUT2D eigenvalue weighted by Gasteiger charge is -2.10. The second-order valence-electron chi connectivity index (χ2n) is 5.51. The van der Waals surface area contributed by atoms with Crippen LogP contribution in [0.3, 0.4) is 0 Å². The van der Waals surface area contributed by atoms with E-state index < -0.39 is 0 Å². The minimum atomic E-state index is -0.0598. The summed E-state index contributed by atoms with van der Waals surface area (Å²) in [5.74, 6) is -0.0598. The molecule has 0 bridgehead atoms. The van der Waals surface area contributed by atoms with Crippen molar-refractivity contribution in [3.63, 3.8) is 0 Å². The van der Waals surface area contributed by atoms with Crippen LogP contribution >= 0.6 is 11.6 Å². The van der Waals surface area contributed by atoms with Crippen molar-refractivity contribution in [2.45, 2.75) is 18.9 Å². The van der Waals surface area contributed by atoms with Gasteiger partial charge in [0.15, 0.2) is 0 Å². The number of carbonyl (C=O) groups excluding carboxylic acids is 1. The minimum Gasteiger partial charge on any atom is -0.348 e. The SMILES string of the molecule is O=C(NC1CC1)c1cc2cccnc2n1-c1ccc(Cl)cc1. The number of nitrogens with one attached hydrogen (secondary N) is 1. The molecular weight excluding hydrogens is 298 g/mol. The first kappa shape index (κ1) is 13.3. The molecule has 0 aliphatic heterocycles. The van der Waals surface area contributed by atoms with E-state index in [0.717, 1.165) is 29.6 Å². The number of halogens is 1. The average Bonchev–Trinajstić information content (AvgIpc) is 3.25. The molecule has 2 heterocycles. The molecule has 0 spiro atoms. The Balaban J connectivity index is 1.89. The number of hydrogen-bond acceptors (Lipinski definition) is 2. The highest BCUT2D eigenvalue weighted by atomic mass is 35.5. The van der Waals surface area contributed by atoms with Crippen LogP contribution in [-0.2, 0) is 0 Å². The maximum Gasteiger partial charge on any atom is 0.268 e. The van der Waals surface area contributed by atoms with Crippen molar-refractivity contribution in [2.75, 3.05) is 0 Å². The molecule has 0 saturated heterocycles. The van der Waals surface area contributed by atoms with Gasteiger partial charge in [0.2, 0.25) is 0 Å². The summed E-state index contributed by atoms with van der Waals surface area (Å²) >= 11 is 5.97. The smallest absolute Gasteiger partial charge is 0.268 e. The molecule has 4 rings (SSSR count). The van der Waals surface area contributed by atoms with Crippen molar-refractivity contribution in [3.05, 3.63) is 59.4 Å². The zero-order chi connectivity index (χ0) is 15.1. The summed E-state index contributed by atoms with van der Waals surface area (Å²) in [7, 11) is 0. The first-order chi connectivity index (χ1) is 10.7. The second-order valence-corrected chi connectivity index (χ2v) is 5.94. The van der Waals surface area contributed by atoms with Gasteiger partial charge in [-0.25, -0.2) is 4.98 Å². The van der Waals surface area contributed by atoms with Gasteiger partial charge in [0.05, 0.1) is 0 Å². The topological polar surface area (TPSA) is 46.9 Å². The molecule has 0 atom stereocenters. The van der Waals surface area contributed by atoms with E-state index in [9.17, 15) is 4.79 Å². The summed E-state index contributed by atoms with van der Waals surface area (Å²) in [6, 6.07) is 13.4. The lowest BCUT2D eigenvalue weighted by Crippen LogP contribution is -2.27. The number of nitrogens with zero attached hydrogens (tertiary/aromatic N) is 2. The first-order valence-corrected chi connectivity index (χ1v) is 7.63. The molecule has 22 heavy (non-hydrogen) atoms. The van der Waals surface area contributed by atoms with Gasteiger partial charge in [0, 0.05) is 28.3 Å². The van der Waals surface area contributed by atoms with Gasteiger partial charge in [-0.1, -0.05) is 11.6 Å². The Morgan fingerprint density at radius 3 is 2.73 bits per heavy atom. The lowest BCUT2D eigenvalue weighted by atomic mass is 10.3. The fraction of sp³-hybridized carbons (Fsp3) is 0.176. The predicted octanol–water partition coefficient (Wildman–Crippen LogP) is 3.57. The van der Waals surface area contributed by atoms with E-state index in [0.29, 0.717) is 16.8 Å². The van der Waals surface area contributed by atoms with E-state index >= 15 is 0 Å². The monoisotopic (exact) mass is 311 g/mol. The van der Waals surface area contributed by atoms with Crippen molar-refractivity contribution >= 4 is 28.5 Å². The van der Waals surface area contributed by atoms with Gasteiger partial charge in [-0.05, 0) is 55.3 Å². The molecule has 1 amide bonds. The number of aromatic nitrogens is 2. The van der Waals surface area contributed by atoms with Gasteiger partial charge in [0.25, 0.3) is 5.91 Å². The van der Waals surface area contributed by atoms with Crippen LogP contribution < -0.4 is 5.32 Å². The molecule has 0 radical (unpaired) electrons. The number of fused-ring (bicyclic) bond motifs is 1. The van der Waals surface area contributed by atoms with Crippen molar-refractivity contribution in [2.24, 2.45) is 0 Å². The summed E-state index contributed by atoms with van der Waals surface area (Å²) in [6.45, 7) is 0. The molecule has 4 nitrogen and oxygen atoms in total. The molecule has 1 aliphatic rings. The summed E-state index contributed by atoms with van der Waals surface area (Å²) < 4.78 is 1.88. The minimum absolute atomic E-state index is 0.0598. The van der Waals surface area contributed by atoms with Crippen LogP contribution in [0.5, 0.6) is 0 Å². The van der Waals surface area contributed by atoms with Gasteiger partial charge >= 0.3 is 0 Å². The van der Waals surface area contributed by atoms with Crippen LogP contribution in [0.25, 0.3) is 16.7 Å². The predicted molar refractivity (Wildman–Crippen MR) is 86.6 cm³/mol. The third-order valence-electron chi connectivity index (χ3n) is 3.79. The molecule has 1 N–H and O–H groups in total. The van der Waals surface area contributed by atoms with Crippen molar-refractivity contribution in [1.82, 2.24) is 14.9 Å². The fourth-order valence-corrected chi connectivity index (χ4v) is 2.67. The van der Waals surface area contributed by atoms with Crippen LogP contribution in [0.2, 0.25) is 5.02 Å². The molecule has 0 unspecified atom stereocenters. The Hall–Kier alpha value is -2.33. The Labute approximate surface area is 132 Å². The molecule has 3 aromatic rings. The second kappa shape index (κ2) is 5.14. The Kier molecular flexibility index (Phi) is 3.12. The maximum atomic E-state index is 12.5. The molecule has 1 aliphatic carbocycles. The number of pyridine rings is 1. The quantitative estimate of drug-likeness (QED) is 0.804. The zero-order valence-electron chi connectivity index (χ0n) is 11.8. The summed E-state index contributed by atoms with van der Waals surface area (Å²) in [5.41, 5.74) is 2.24. The van der Waals surface area contributed by atoms with Crippen molar-refractivity contribution in [3.8, 4) is 5.69 Å². The Bertz CT molecular complexity index is 850. The van der Waals surface area contributed by atoms with Gasteiger partial charge < -0.3 is 5.32 Å². The molecule has 1 saturated carbocycles. The highest BCUT2D eigenvalue weighted by Crippen LogP contribution is 2.25. The molecule has 1 fully saturated rings. The van der Waals surface area contributed by atoms with Crippen molar-refractivity contribution < 1.29 is 4.79 Å². The van der Waals surface area contributed by atoms with E-state index in [2.05, 4.69) is 10.3 Å². The maximum absolute atomic E-state index is 12.5. The Morgan fingerprint density at radius 1 is 1.23 bits per heavy atom. The summed E-state index contributed by atoms with van der Waals surface area (Å²) in [4.78, 5) is 17.0. The third kappa shape index (κ3) is 2.35. The normalized spacial score (nSPS) is 14.2. The zero-order valence-corrected chi connectivity index (χ0v) is 12.5. The summed E-state index contributed by atoms with van der Waals surface area (Å²) in [6.07, 6.45) is 3.85. The van der Waals surface area contributed by atoms with Crippen LogP contribution in [0.15, 0.2) is 48.7 Å². The highest BCUT2D eigenvalue weighted by Gasteiger charge is 2.26. The van der Waals surface area contributed by atoms with E-state index in [1.54, 1.807) is 6.20 Å². The van der Waals surface area contributed by atoms with Crippen LogP contribution in [0.1, 0.15) is 23.3 Å². The van der Waals surface area contributed by atoms with Gasteiger partial charge in [-0.2, -0.15) is 0 Å². The molecule has 110 valence electrons. The fourth-order valence-electron chi connectivity index (χ4n) is 2.54. The van der Waals surface area contributed by atoms with Crippen LogP contribution in [0.4, 0.5) is 0 Å². The van der Waals surface area contributed by atoms with E-state index in [1.165, 1.54) is 0 Å². The summed E-state index contributed by atoms with van der Waals surface area (Å²) in [5, 5.41) is 4.65. The van der Waals surface area contributed by atoms with Gasteiger partial charge in [0.1, 0.15) is 11.3 Å². The number of benzene rings is 1. The number of hydrogen-bond donors (Lipinski definition) is 1. The number of rotatable bonds is 3. The lowest BCUT2D eigenvalue weighted by molar-refractivity contribution is 0.0944. The van der Waals surface area contributed by atoms with E-state index in [1.807, 2.05) is 47.0 Å². The highest BCUT2D eigenvalue weighted by molar-refractivity contribution is 6.30. The number of amides is 1. The standard InChI is InChI=1S/C17H14ClN3O/c18-12-3-7-14(8-4-12)21-15(17(22)20-13-5-6-13)10-11-2-1-9-19-16(11)21/h1-4,7-10,13H,5-6H2,(H,20,22). The molecule has 5 heteroatoms. The molecular formula is C17H14ClN3O. The van der Waals surface area contributed by atoms with Crippen molar-refractivity contribution in [1.29, 1.82) is 0 Å². The van der Waals surface area contributed by atoms with E-state index in [-0.39, 0.29) is 5.91 Å². The van der Waals surface area contributed by atoms with E-state index in [4.69, 9.17) is 11.6 Å². The van der Waals surface area contributed by atoms with Crippen LogP contribution in [-0.4, -0.2) is 21.5 Å². The Morgan fingerprint density at radius 2 is 2.00 bits per heavy atom. The number of carbonyl (C=O) groups is 1. The van der Waals surface area contributed by atoms with Crippen LogP contribution in [0, 0.1) is 0 Å². The first-order valence-electron chi connectivity index (χ1n) is 7.25. The molecule has 1 aromatic carbocycles.